The number of para-hydroxylation sites is 1. The third kappa shape index (κ3) is 4.78. The Morgan fingerprint density at radius 1 is 1.13 bits per heavy atom. The number of aliphatic carboxylic acids is 1. The minimum absolute atomic E-state index is 0.0989. The zero-order chi connectivity index (χ0) is 21.8. The van der Waals surface area contributed by atoms with Crippen molar-refractivity contribution < 1.29 is 14.7 Å². The Labute approximate surface area is 183 Å². The van der Waals surface area contributed by atoms with Gasteiger partial charge in [0.05, 0.1) is 12.2 Å². The average molecular weight is 440 g/mol. The van der Waals surface area contributed by atoms with Crippen LogP contribution in [-0.2, 0) is 9.59 Å². The van der Waals surface area contributed by atoms with Gasteiger partial charge in [0.2, 0.25) is 10.7 Å². The lowest BCUT2D eigenvalue weighted by molar-refractivity contribution is -0.140. The number of carbonyl (C=O) groups is 2. The Morgan fingerprint density at radius 3 is 2.61 bits per heavy atom. The van der Waals surface area contributed by atoms with Crippen LogP contribution in [0.2, 0.25) is 0 Å². The summed E-state index contributed by atoms with van der Waals surface area (Å²) in [5, 5.41) is 22.6. The van der Waals surface area contributed by atoms with Gasteiger partial charge in [0, 0.05) is 31.0 Å². The van der Waals surface area contributed by atoms with Gasteiger partial charge < -0.3 is 15.3 Å². The van der Waals surface area contributed by atoms with Crippen LogP contribution in [-0.4, -0.2) is 74.3 Å². The largest absolute Gasteiger partial charge is 0.480 e. The number of amides is 1. The maximum Gasteiger partial charge on any atom is 0.327 e. The Morgan fingerprint density at radius 2 is 1.90 bits per heavy atom. The van der Waals surface area contributed by atoms with Crippen molar-refractivity contribution in [3.63, 3.8) is 0 Å². The fraction of sp³-hybridized carbons (Fsp3) is 0.250. The maximum atomic E-state index is 12.6. The third-order valence-electron chi connectivity index (χ3n) is 5.06. The van der Waals surface area contributed by atoms with Crippen LogP contribution in [0.1, 0.15) is 0 Å². The van der Waals surface area contributed by atoms with Crippen LogP contribution in [0.25, 0.3) is 5.69 Å². The van der Waals surface area contributed by atoms with Crippen molar-refractivity contribution >= 4 is 35.5 Å². The number of hydrogen-bond acceptors (Lipinski definition) is 7. The first-order valence-electron chi connectivity index (χ1n) is 9.68. The van der Waals surface area contributed by atoms with Gasteiger partial charge in [-0.3, -0.25) is 9.69 Å². The molecular weight excluding hydrogens is 418 g/mol. The number of aromatic amines is 1. The predicted octanol–water partition coefficient (Wildman–Crippen LogP) is 1.54. The van der Waals surface area contributed by atoms with Gasteiger partial charge in [0.1, 0.15) is 6.04 Å². The Bertz CT molecular complexity index is 1130. The number of H-pyrrole nitrogens is 1. The van der Waals surface area contributed by atoms with Gasteiger partial charge in [0.25, 0.3) is 0 Å². The molecule has 4 rings (SSSR count). The molecule has 1 fully saturated rings. The molecule has 0 saturated carbocycles. The van der Waals surface area contributed by atoms with Gasteiger partial charge in [-0.05, 0) is 42.5 Å². The fourth-order valence-corrected chi connectivity index (χ4v) is 3.80. The molecule has 10 nitrogen and oxygen atoms in total. The van der Waals surface area contributed by atoms with E-state index in [9.17, 15) is 14.7 Å². The number of rotatable bonds is 6. The Hall–Kier alpha value is -3.57. The van der Waals surface area contributed by atoms with E-state index in [2.05, 4.69) is 20.8 Å². The van der Waals surface area contributed by atoms with Crippen LogP contribution in [0.15, 0.2) is 54.6 Å². The zero-order valence-corrected chi connectivity index (χ0v) is 17.3. The zero-order valence-electron chi connectivity index (χ0n) is 16.5. The van der Waals surface area contributed by atoms with E-state index in [1.807, 2.05) is 46.2 Å². The highest BCUT2D eigenvalue weighted by Crippen LogP contribution is 2.21. The number of hydrogen-bond donors (Lipinski definition) is 3. The van der Waals surface area contributed by atoms with E-state index in [1.54, 1.807) is 18.2 Å². The summed E-state index contributed by atoms with van der Waals surface area (Å²) in [6.45, 7) is 1.46. The summed E-state index contributed by atoms with van der Waals surface area (Å²) in [6.07, 6.45) is 0. The number of tetrazole rings is 1. The molecule has 1 aliphatic rings. The minimum Gasteiger partial charge on any atom is -0.480 e. The number of nitrogens with one attached hydrogen (secondary N) is 2. The van der Waals surface area contributed by atoms with Crippen molar-refractivity contribution in [1.29, 1.82) is 0 Å². The van der Waals surface area contributed by atoms with Crippen LogP contribution >= 0.6 is 12.2 Å². The van der Waals surface area contributed by atoms with Crippen molar-refractivity contribution in [3.8, 4) is 5.69 Å². The average Bonchev–Trinajstić information content (AvgIpc) is 3.20. The molecule has 0 radical (unpaired) electrons. The van der Waals surface area contributed by atoms with Crippen molar-refractivity contribution in [2.75, 3.05) is 36.4 Å². The smallest absolute Gasteiger partial charge is 0.327 e. The highest BCUT2D eigenvalue weighted by Gasteiger charge is 2.33. The molecule has 11 heteroatoms. The highest BCUT2D eigenvalue weighted by atomic mass is 32.1. The lowest BCUT2D eigenvalue weighted by Crippen LogP contribution is -2.57. The first-order chi connectivity index (χ1) is 15.0. The SMILES string of the molecule is O=C(CN1CCN(c2ccccc2)C(C(=O)O)C1)Nc1cccc(-n2[nH]nnc2=S)c1. The van der Waals surface area contributed by atoms with Crippen LogP contribution in [0.4, 0.5) is 11.4 Å². The van der Waals surface area contributed by atoms with Gasteiger partial charge in [-0.15, -0.1) is 0 Å². The number of piperazine rings is 1. The van der Waals surface area contributed by atoms with Crippen LogP contribution < -0.4 is 10.2 Å². The molecule has 1 aromatic heterocycles. The number of carboxylic acid groups (broad SMARTS) is 1. The Balaban J connectivity index is 1.40. The lowest BCUT2D eigenvalue weighted by Gasteiger charge is -2.40. The molecule has 31 heavy (non-hydrogen) atoms. The van der Waals surface area contributed by atoms with Crippen molar-refractivity contribution in [3.05, 3.63) is 59.4 Å². The molecule has 2 aromatic carbocycles. The van der Waals surface area contributed by atoms with E-state index < -0.39 is 12.0 Å². The monoisotopic (exact) mass is 439 g/mol. The fourth-order valence-electron chi connectivity index (χ4n) is 3.61. The minimum atomic E-state index is -0.911. The van der Waals surface area contributed by atoms with E-state index in [0.717, 1.165) is 5.69 Å². The Kier molecular flexibility index (Phi) is 6.05. The number of carbonyl (C=O) groups excluding carboxylic acids is 1. The van der Waals surface area contributed by atoms with Gasteiger partial charge in [-0.25, -0.2) is 9.48 Å². The molecule has 1 atom stereocenters. The quantitative estimate of drug-likeness (QED) is 0.495. The molecule has 1 aliphatic heterocycles. The maximum absolute atomic E-state index is 12.6. The van der Waals surface area contributed by atoms with E-state index in [4.69, 9.17) is 12.2 Å². The van der Waals surface area contributed by atoms with Crippen LogP contribution in [0, 0.1) is 4.77 Å². The van der Waals surface area contributed by atoms with Crippen LogP contribution in [0.3, 0.4) is 0 Å². The molecule has 0 aliphatic carbocycles. The molecule has 0 bridgehead atoms. The number of benzene rings is 2. The molecule has 1 saturated heterocycles. The molecule has 160 valence electrons. The first kappa shape index (κ1) is 20.7. The van der Waals surface area contributed by atoms with Gasteiger partial charge >= 0.3 is 5.97 Å². The second kappa shape index (κ2) is 9.06. The van der Waals surface area contributed by atoms with Crippen molar-refractivity contribution in [1.82, 2.24) is 25.1 Å². The topological polar surface area (TPSA) is 119 Å². The van der Waals surface area contributed by atoms with Gasteiger partial charge in [-0.2, -0.15) is 5.21 Å². The summed E-state index contributed by atoms with van der Waals surface area (Å²) in [4.78, 5) is 28.2. The molecule has 1 unspecified atom stereocenters. The summed E-state index contributed by atoms with van der Waals surface area (Å²) in [6, 6.07) is 15.8. The van der Waals surface area contributed by atoms with Crippen molar-refractivity contribution in [2.45, 2.75) is 6.04 Å². The lowest BCUT2D eigenvalue weighted by atomic mass is 10.1. The first-order valence-corrected chi connectivity index (χ1v) is 10.1. The molecule has 3 aromatic rings. The molecular formula is C20H21N7O3S. The van der Waals surface area contributed by atoms with Crippen molar-refractivity contribution in [2.24, 2.45) is 0 Å². The summed E-state index contributed by atoms with van der Waals surface area (Å²) >= 11 is 5.10. The summed E-state index contributed by atoms with van der Waals surface area (Å²) in [7, 11) is 0. The number of aromatic nitrogens is 4. The predicted molar refractivity (Wildman–Crippen MR) is 117 cm³/mol. The second-order valence-corrected chi connectivity index (χ2v) is 7.50. The highest BCUT2D eigenvalue weighted by molar-refractivity contribution is 7.71. The molecule has 1 amide bonds. The summed E-state index contributed by atoms with van der Waals surface area (Å²) in [5.74, 6) is -1.13. The van der Waals surface area contributed by atoms with Gasteiger partial charge in [0.15, 0.2) is 0 Å². The number of nitrogens with zero attached hydrogens (tertiary/aromatic N) is 5. The van der Waals surface area contributed by atoms with E-state index in [1.165, 1.54) is 4.68 Å². The number of carboxylic acids is 1. The third-order valence-corrected chi connectivity index (χ3v) is 5.33. The molecule has 3 N–H and O–H groups in total. The molecule has 0 spiro atoms. The normalized spacial score (nSPS) is 16.8. The molecule has 2 heterocycles. The standard InChI is InChI=1S/C20H21N7O3S/c28-18(21-14-5-4-8-16(11-14)27-20(31)22-23-24-27)13-25-9-10-26(17(12-25)19(29)30)15-6-2-1-3-7-15/h1-8,11,17H,9-10,12-13H2,(H,21,28)(H,29,30)(H,22,24,31). The van der Waals surface area contributed by atoms with E-state index >= 15 is 0 Å². The van der Waals surface area contributed by atoms with Crippen LogP contribution in [0.5, 0.6) is 0 Å². The summed E-state index contributed by atoms with van der Waals surface area (Å²) in [5.41, 5.74) is 2.15. The summed E-state index contributed by atoms with van der Waals surface area (Å²) < 4.78 is 1.80. The van der Waals surface area contributed by atoms with Gasteiger partial charge in [-0.1, -0.05) is 34.6 Å². The second-order valence-electron chi connectivity index (χ2n) is 7.13. The number of anilines is 2. The van der Waals surface area contributed by atoms with E-state index in [-0.39, 0.29) is 23.8 Å². The van der Waals surface area contributed by atoms with E-state index in [0.29, 0.717) is 24.5 Å².